The van der Waals surface area contributed by atoms with Gasteiger partial charge in [0.05, 0.1) is 5.69 Å². The molecule has 0 N–H and O–H groups in total. The van der Waals surface area contributed by atoms with Crippen molar-refractivity contribution >= 4 is 19.7 Å². The minimum absolute atomic E-state index is 0.0567. The second kappa shape index (κ2) is 6.10. The zero-order chi connectivity index (χ0) is 19.6. The molecule has 0 radical (unpaired) electrons. The molecule has 0 atom stereocenters. The number of rotatable bonds is 3. The molecule has 1 aromatic heterocycles. The maximum Gasteiger partial charge on any atom is 0.0535 e. The molecule has 0 aliphatic heterocycles. The molecule has 0 fully saturated rings. The first kappa shape index (κ1) is 18.6. The van der Waals surface area contributed by atoms with Gasteiger partial charge < -0.3 is 4.57 Å². The van der Waals surface area contributed by atoms with E-state index in [9.17, 15) is 0 Å². The highest BCUT2D eigenvalue weighted by Crippen LogP contribution is 2.53. The maximum absolute atomic E-state index is 2.64. The lowest BCUT2D eigenvalue weighted by Crippen LogP contribution is -2.15. The van der Waals surface area contributed by atoms with Gasteiger partial charge in [-0.1, -0.05) is 78.0 Å². The van der Waals surface area contributed by atoms with Crippen LogP contribution in [0, 0.1) is 0 Å². The van der Waals surface area contributed by atoms with Crippen molar-refractivity contribution in [3.05, 3.63) is 59.2 Å². The van der Waals surface area contributed by atoms with Gasteiger partial charge in [-0.2, -0.15) is 0 Å². The monoisotopic (exact) mass is 375 g/mol. The summed E-state index contributed by atoms with van der Waals surface area (Å²) in [4.78, 5) is 0. The lowest BCUT2D eigenvalue weighted by atomic mass is 9.80. The van der Waals surface area contributed by atoms with E-state index in [0.717, 1.165) is 6.54 Å². The van der Waals surface area contributed by atoms with Crippen molar-refractivity contribution in [2.24, 2.45) is 0 Å². The highest BCUT2D eigenvalue weighted by atomic mass is 28.3. The number of hydrogen-bond donors (Lipinski definition) is 0. The summed E-state index contributed by atoms with van der Waals surface area (Å²) in [6.07, 6.45) is 0. The van der Waals surface area contributed by atoms with Crippen LogP contribution in [0.25, 0.3) is 22.2 Å². The van der Waals surface area contributed by atoms with E-state index in [1.54, 1.807) is 0 Å². The van der Waals surface area contributed by atoms with Crippen LogP contribution in [0.1, 0.15) is 51.3 Å². The van der Waals surface area contributed by atoms with Gasteiger partial charge in [-0.25, -0.2) is 0 Å². The van der Waals surface area contributed by atoms with Gasteiger partial charge >= 0.3 is 0 Å². The van der Waals surface area contributed by atoms with E-state index < -0.39 is 8.80 Å². The Morgan fingerprint density at radius 3 is 2.37 bits per heavy atom. The number of aryl methyl sites for hydroxylation is 1. The summed E-state index contributed by atoms with van der Waals surface area (Å²) < 4.78 is 2.64. The molecule has 27 heavy (non-hydrogen) atoms. The predicted molar refractivity (Wildman–Crippen MR) is 122 cm³/mol. The van der Waals surface area contributed by atoms with Gasteiger partial charge in [-0.15, -0.1) is 0 Å². The van der Waals surface area contributed by atoms with Crippen LogP contribution < -0.4 is 0 Å². The summed E-state index contributed by atoms with van der Waals surface area (Å²) >= 11 is 0. The molecule has 0 amide bonds. The first-order valence-corrected chi connectivity index (χ1v) is 13.5. The summed E-state index contributed by atoms with van der Waals surface area (Å²) in [5, 5.41) is 1.46. The van der Waals surface area contributed by atoms with Crippen LogP contribution in [0.5, 0.6) is 0 Å². The van der Waals surface area contributed by atoms with Crippen LogP contribution in [0.3, 0.4) is 0 Å². The maximum atomic E-state index is 2.64. The van der Waals surface area contributed by atoms with Crippen molar-refractivity contribution in [2.45, 2.75) is 71.1 Å². The second-order valence-electron chi connectivity index (χ2n) is 10.2. The minimum atomic E-state index is -0.600. The molecular weight excluding hydrogens is 342 g/mol. The third-order valence-electron chi connectivity index (χ3n) is 6.34. The van der Waals surface area contributed by atoms with Gasteiger partial charge in [-0.05, 0) is 40.3 Å². The molecule has 0 saturated carbocycles. The summed E-state index contributed by atoms with van der Waals surface area (Å²) in [6, 6.07) is 17.6. The number of aromatic nitrogens is 1. The summed E-state index contributed by atoms with van der Waals surface area (Å²) in [5.74, 6) is 0. The Hall–Kier alpha value is -1.80. The van der Waals surface area contributed by atoms with Gasteiger partial charge in [0.1, 0.15) is 0 Å². The lowest BCUT2D eigenvalue weighted by molar-refractivity contribution is 0.590. The SMILES string of the molecule is C[SiH](C)CCn1c2c(c3cc(C(C)(C)C)ccc31)C(C)(C)c1ccccc1-2. The standard InChI is InChI=1S/C25H33NSi/c1-24(2,3)17-12-13-21-19(16-17)22-23(26(21)14-15-27(6)7)18-10-8-9-11-20(18)25(22,4)5/h8-13,16,27H,14-15H2,1-7H3. The van der Waals surface area contributed by atoms with Gasteiger partial charge in [0.2, 0.25) is 0 Å². The molecule has 1 aliphatic rings. The van der Waals surface area contributed by atoms with Crippen molar-refractivity contribution in [3.63, 3.8) is 0 Å². The molecule has 3 aromatic rings. The van der Waals surface area contributed by atoms with Crippen molar-refractivity contribution in [3.8, 4) is 11.3 Å². The van der Waals surface area contributed by atoms with E-state index in [4.69, 9.17) is 0 Å². The Bertz CT molecular complexity index is 1010. The Morgan fingerprint density at radius 2 is 1.70 bits per heavy atom. The number of hydrogen-bond acceptors (Lipinski definition) is 0. The summed E-state index contributed by atoms with van der Waals surface area (Å²) in [6.45, 7) is 17.8. The van der Waals surface area contributed by atoms with Gasteiger partial charge in [0.15, 0.2) is 0 Å². The third-order valence-corrected chi connectivity index (χ3v) is 7.75. The van der Waals surface area contributed by atoms with Crippen LogP contribution >= 0.6 is 0 Å². The number of fused-ring (bicyclic) bond motifs is 5. The highest BCUT2D eigenvalue weighted by molar-refractivity contribution is 6.55. The first-order chi connectivity index (χ1) is 12.6. The predicted octanol–water partition coefficient (Wildman–Crippen LogP) is 6.73. The lowest BCUT2D eigenvalue weighted by Gasteiger charge is -2.23. The molecule has 1 aliphatic carbocycles. The Morgan fingerprint density at radius 1 is 1.00 bits per heavy atom. The molecule has 0 spiro atoms. The van der Waals surface area contributed by atoms with Gasteiger partial charge in [0, 0.05) is 37.2 Å². The van der Waals surface area contributed by atoms with E-state index in [-0.39, 0.29) is 10.8 Å². The average Bonchev–Trinajstić information content (AvgIpc) is 3.04. The molecule has 0 unspecified atom stereocenters. The largest absolute Gasteiger partial charge is 0.341 e. The molecule has 0 bridgehead atoms. The second-order valence-corrected chi connectivity index (χ2v) is 13.6. The molecular formula is C25H33NSi. The van der Waals surface area contributed by atoms with E-state index >= 15 is 0 Å². The highest BCUT2D eigenvalue weighted by Gasteiger charge is 2.40. The van der Waals surface area contributed by atoms with Crippen LogP contribution in [-0.2, 0) is 17.4 Å². The Labute approximate surface area is 166 Å². The molecule has 1 nitrogen and oxygen atoms in total. The zero-order valence-corrected chi connectivity index (χ0v) is 19.1. The van der Waals surface area contributed by atoms with E-state index in [2.05, 4.69) is 94.7 Å². The molecule has 1 heterocycles. The van der Waals surface area contributed by atoms with E-state index in [0.29, 0.717) is 0 Å². The van der Waals surface area contributed by atoms with Crippen LogP contribution in [0.2, 0.25) is 19.1 Å². The van der Waals surface area contributed by atoms with Crippen molar-refractivity contribution in [1.29, 1.82) is 0 Å². The normalized spacial score (nSPS) is 15.4. The minimum Gasteiger partial charge on any atom is -0.341 e. The fourth-order valence-corrected chi connectivity index (χ4v) is 5.50. The summed E-state index contributed by atoms with van der Waals surface area (Å²) in [7, 11) is -0.600. The van der Waals surface area contributed by atoms with Crippen LogP contribution in [-0.4, -0.2) is 13.4 Å². The molecule has 0 saturated heterocycles. The molecule has 2 aromatic carbocycles. The van der Waals surface area contributed by atoms with Crippen molar-refractivity contribution in [2.75, 3.05) is 0 Å². The van der Waals surface area contributed by atoms with E-state index in [1.807, 2.05) is 0 Å². The molecule has 4 rings (SSSR count). The Balaban J connectivity index is 2.06. The van der Waals surface area contributed by atoms with E-state index in [1.165, 1.54) is 44.9 Å². The average molecular weight is 376 g/mol. The fourth-order valence-electron chi connectivity index (χ4n) is 4.72. The van der Waals surface area contributed by atoms with Crippen LogP contribution in [0.15, 0.2) is 42.5 Å². The first-order valence-electron chi connectivity index (χ1n) is 10.4. The number of nitrogens with zero attached hydrogens (tertiary/aromatic N) is 1. The topological polar surface area (TPSA) is 4.93 Å². The van der Waals surface area contributed by atoms with Crippen LogP contribution in [0.4, 0.5) is 0 Å². The molecule has 142 valence electrons. The Kier molecular flexibility index (Phi) is 4.19. The number of benzene rings is 2. The zero-order valence-electron chi connectivity index (χ0n) is 18.0. The van der Waals surface area contributed by atoms with Crippen molar-refractivity contribution in [1.82, 2.24) is 4.57 Å². The van der Waals surface area contributed by atoms with Crippen molar-refractivity contribution < 1.29 is 0 Å². The summed E-state index contributed by atoms with van der Waals surface area (Å²) in [5.41, 5.74) is 9.02. The van der Waals surface area contributed by atoms with Gasteiger partial charge in [-0.3, -0.25) is 0 Å². The third kappa shape index (κ3) is 2.80. The smallest absolute Gasteiger partial charge is 0.0535 e. The molecule has 2 heteroatoms. The van der Waals surface area contributed by atoms with Gasteiger partial charge in [0.25, 0.3) is 0 Å². The fraction of sp³-hybridized carbons (Fsp3) is 0.440. The quantitative estimate of drug-likeness (QED) is 0.447.